The molecule has 0 unspecified atom stereocenters. The largest absolute Gasteiger partial charge is 0.491 e. The average Bonchev–Trinajstić information content (AvgIpc) is 2.71. The van der Waals surface area contributed by atoms with Crippen molar-refractivity contribution < 1.29 is 29.3 Å². The van der Waals surface area contributed by atoms with Gasteiger partial charge in [0.25, 0.3) is 5.91 Å². The van der Waals surface area contributed by atoms with Crippen molar-refractivity contribution in [1.29, 1.82) is 0 Å². The molecule has 0 fully saturated rings. The molecule has 0 saturated heterocycles. The van der Waals surface area contributed by atoms with Crippen LogP contribution in [0.15, 0.2) is 54.6 Å². The summed E-state index contributed by atoms with van der Waals surface area (Å²) in [4.78, 5) is 24.4. The zero-order valence-corrected chi connectivity index (χ0v) is 15.7. The van der Waals surface area contributed by atoms with Crippen LogP contribution in [0, 0.1) is 5.92 Å². The predicted molar refractivity (Wildman–Crippen MR) is 103 cm³/mol. The van der Waals surface area contributed by atoms with E-state index >= 15 is 0 Å². The van der Waals surface area contributed by atoms with E-state index in [0.29, 0.717) is 23.3 Å². The zero-order chi connectivity index (χ0) is 20.4. The number of nitrogens with one attached hydrogen (secondary N) is 1. The Morgan fingerprint density at radius 1 is 1.04 bits per heavy atom. The van der Waals surface area contributed by atoms with E-state index in [1.165, 1.54) is 0 Å². The maximum Gasteiger partial charge on any atom is 0.414 e. The number of hydrogen-bond donors (Lipinski definition) is 3. The maximum atomic E-state index is 12.3. The second-order valence-electron chi connectivity index (χ2n) is 6.28. The van der Waals surface area contributed by atoms with Gasteiger partial charge in [-0.1, -0.05) is 37.3 Å². The van der Waals surface area contributed by atoms with Gasteiger partial charge in [0.1, 0.15) is 18.5 Å². The van der Waals surface area contributed by atoms with Crippen molar-refractivity contribution in [2.24, 2.45) is 5.92 Å². The predicted octanol–water partition coefficient (Wildman–Crippen LogP) is 2.68. The second-order valence-corrected chi connectivity index (χ2v) is 6.28. The normalized spacial score (nSPS) is 12.7. The van der Waals surface area contributed by atoms with E-state index in [1.807, 2.05) is 6.92 Å². The lowest BCUT2D eigenvalue weighted by Crippen LogP contribution is -2.33. The molecule has 2 amide bonds. The van der Waals surface area contributed by atoms with Crippen molar-refractivity contribution in [1.82, 2.24) is 5.32 Å². The molecule has 0 aromatic heterocycles. The van der Waals surface area contributed by atoms with E-state index in [9.17, 15) is 14.7 Å². The van der Waals surface area contributed by atoms with Crippen LogP contribution < -0.4 is 10.1 Å². The van der Waals surface area contributed by atoms with Gasteiger partial charge in [0.05, 0.1) is 6.61 Å². The van der Waals surface area contributed by atoms with Crippen LogP contribution in [0.4, 0.5) is 4.79 Å². The summed E-state index contributed by atoms with van der Waals surface area (Å²) in [6, 6.07) is 15.3. The fraction of sp³-hybridized carbons (Fsp3) is 0.333. The second kappa shape index (κ2) is 11.1. The van der Waals surface area contributed by atoms with Crippen molar-refractivity contribution in [3.05, 3.63) is 65.7 Å². The number of ether oxygens (including phenoxy) is 2. The highest BCUT2D eigenvalue weighted by molar-refractivity contribution is 6.02. The van der Waals surface area contributed by atoms with Gasteiger partial charge in [-0.3, -0.25) is 10.1 Å². The van der Waals surface area contributed by atoms with Gasteiger partial charge in [0.2, 0.25) is 0 Å². The third kappa shape index (κ3) is 6.37. The molecule has 0 radical (unpaired) electrons. The first kappa shape index (κ1) is 21.4. The molecule has 7 nitrogen and oxygen atoms in total. The van der Waals surface area contributed by atoms with E-state index < -0.39 is 18.1 Å². The van der Waals surface area contributed by atoms with E-state index in [0.717, 1.165) is 0 Å². The van der Waals surface area contributed by atoms with Crippen molar-refractivity contribution in [2.45, 2.75) is 19.4 Å². The quantitative estimate of drug-likeness (QED) is 0.611. The van der Waals surface area contributed by atoms with Crippen molar-refractivity contribution in [3.8, 4) is 5.75 Å². The standard InChI is InChI=1S/C21H25NO6/c1-15(10-11-23)19(17-8-5-9-18(14-17)27-13-12-24)28-21(26)22-20(25)16-6-3-2-4-7-16/h2-9,14-15,19,23-24H,10-13H2,1H3,(H,22,25,26)/t15-,19-/m1/s1. The highest BCUT2D eigenvalue weighted by atomic mass is 16.6. The van der Waals surface area contributed by atoms with Gasteiger partial charge in [-0.25, -0.2) is 4.79 Å². The van der Waals surface area contributed by atoms with Gasteiger partial charge in [-0.15, -0.1) is 0 Å². The molecule has 150 valence electrons. The molecule has 0 saturated carbocycles. The molecule has 0 spiro atoms. The SMILES string of the molecule is C[C@H](CCO)[C@@H](OC(=O)NC(=O)c1ccccc1)c1cccc(OCCO)c1. The molecule has 3 N–H and O–H groups in total. The van der Waals surface area contributed by atoms with Crippen LogP contribution in [-0.2, 0) is 4.74 Å². The molecule has 2 atom stereocenters. The summed E-state index contributed by atoms with van der Waals surface area (Å²) in [7, 11) is 0. The Morgan fingerprint density at radius 2 is 1.79 bits per heavy atom. The molecule has 0 bridgehead atoms. The van der Waals surface area contributed by atoms with Crippen LogP contribution >= 0.6 is 0 Å². The number of carbonyl (C=O) groups is 2. The number of amides is 2. The van der Waals surface area contributed by atoms with E-state index in [-0.39, 0.29) is 25.7 Å². The monoisotopic (exact) mass is 387 g/mol. The van der Waals surface area contributed by atoms with Crippen LogP contribution in [0.3, 0.4) is 0 Å². The maximum absolute atomic E-state index is 12.3. The molecule has 7 heteroatoms. The van der Waals surface area contributed by atoms with E-state index in [4.69, 9.17) is 14.6 Å². The van der Waals surface area contributed by atoms with Gasteiger partial charge >= 0.3 is 6.09 Å². The molecule has 28 heavy (non-hydrogen) atoms. The summed E-state index contributed by atoms with van der Waals surface area (Å²) in [5, 5.41) is 20.4. The highest BCUT2D eigenvalue weighted by Crippen LogP contribution is 2.30. The number of alkyl carbamates (subject to hydrolysis) is 1. The lowest BCUT2D eigenvalue weighted by Gasteiger charge is -2.24. The van der Waals surface area contributed by atoms with Crippen molar-refractivity contribution in [3.63, 3.8) is 0 Å². The fourth-order valence-electron chi connectivity index (χ4n) is 2.71. The van der Waals surface area contributed by atoms with Crippen LogP contribution in [0.2, 0.25) is 0 Å². The number of hydrogen-bond acceptors (Lipinski definition) is 6. The Bertz CT molecular complexity index is 765. The molecule has 0 aliphatic heterocycles. The van der Waals surface area contributed by atoms with Crippen LogP contribution in [0.1, 0.15) is 35.4 Å². The zero-order valence-electron chi connectivity index (χ0n) is 15.7. The van der Waals surface area contributed by atoms with Crippen molar-refractivity contribution >= 4 is 12.0 Å². The van der Waals surface area contributed by atoms with Gasteiger partial charge in [-0.05, 0) is 42.2 Å². The number of carbonyl (C=O) groups excluding carboxylic acids is 2. The van der Waals surface area contributed by atoms with E-state index in [1.54, 1.807) is 54.6 Å². The molecule has 0 aliphatic rings. The van der Waals surface area contributed by atoms with Crippen LogP contribution in [0.5, 0.6) is 5.75 Å². The summed E-state index contributed by atoms with van der Waals surface area (Å²) in [6.45, 7) is 1.81. The average molecular weight is 387 g/mol. The number of imide groups is 1. The van der Waals surface area contributed by atoms with Crippen LogP contribution in [-0.4, -0.2) is 42.0 Å². The summed E-state index contributed by atoms with van der Waals surface area (Å²) in [5.41, 5.74) is 1.01. The minimum atomic E-state index is -0.870. The third-order valence-electron chi connectivity index (χ3n) is 4.13. The Kier molecular flexibility index (Phi) is 8.45. The Hall–Kier alpha value is -2.90. The molecule has 2 aromatic carbocycles. The molecule has 2 rings (SSSR count). The van der Waals surface area contributed by atoms with Gasteiger partial charge in [0, 0.05) is 12.2 Å². The first-order chi connectivity index (χ1) is 13.5. The third-order valence-corrected chi connectivity index (χ3v) is 4.13. The highest BCUT2D eigenvalue weighted by Gasteiger charge is 2.25. The van der Waals surface area contributed by atoms with Crippen LogP contribution in [0.25, 0.3) is 0 Å². The lowest BCUT2D eigenvalue weighted by molar-refractivity contribution is 0.0543. The number of rotatable bonds is 9. The Morgan fingerprint density at radius 3 is 2.46 bits per heavy atom. The Balaban J connectivity index is 2.12. The molecular weight excluding hydrogens is 362 g/mol. The summed E-state index contributed by atoms with van der Waals surface area (Å²) in [6.07, 6.45) is -1.15. The van der Waals surface area contributed by atoms with Gasteiger partial charge in [0.15, 0.2) is 0 Å². The first-order valence-corrected chi connectivity index (χ1v) is 9.06. The molecule has 0 heterocycles. The fourth-order valence-corrected chi connectivity index (χ4v) is 2.71. The minimum absolute atomic E-state index is 0.0632. The summed E-state index contributed by atoms with van der Waals surface area (Å²) >= 11 is 0. The van der Waals surface area contributed by atoms with Gasteiger partial charge in [-0.2, -0.15) is 0 Å². The number of aliphatic hydroxyl groups is 2. The van der Waals surface area contributed by atoms with Gasteiger partial charge < -0.3 is 19.7 Å². The topological polar surface area (TPSA) is 105 Å². The van der Waals surface area contributed by atoms with E-state index in [2.05, 4.69) is 5.32 Å². The van der Waals surface area contributed by atoms with Crippen molar-refractivity contribution in [2.75, 3.05) is 19.8 Å². The molecular formula is C21H25NO6. The summed E-state index contributed by atoms with van der Waals surface area (Å²) in [5.74, 6) is -0.230. The first-order valence-electron chi connectivity index (χ1n) is 9.06. The number of aliphatic hydroxyl groups excluding tert-OH is 2. The lowest BCUT2D eigenvalue weighted by atomic mass is 9.94. The smallest absolute Gasteiger partial charge is 0.414 e. The molecule has 0 aliphatic carbocycles. The Labute approximate surface area is 163 Å². The number of benzene rings is 2. The molecule has 2 aromatic rings. The minimum Gasteiger partial charge on any atom is -0.491 e. The summed E-state index contributed by atoms with van der Waals surface area (Å²) < 4.78 is 10.9.